The molecule has 0 spiro atoms. The second-order valence-corrected chi connectivity index (χ2v) is 32.6. The zero-order valence-corrected chi connectivity index (χ0v) is 72.6. The number of rotatable bonds is 8. The second kappa shape index (κ2) is 38.7. The molecule has 11 heterocycles. The lowest BCUT2D eigenvalue weighted by molar-refractivity contribution is 0.498. The number of nitrogens with one attached hydrogen (secondary N) is 1. The Morgan fingerprint density at radius 2 is 0.424 bits per heavy atom. The molecule has 11 aromatic heterocycles. The number of halogens is 5. The molecule has 37 heteroatoms. The average molecular weight is 2090 g/mol. The van der Waals surface area contributed by atoms with E-state index in [1.807, 2.05) is 24.3 Å². The van der Waals surface area contributed by atoms with Gasteiger partial charge in [-0.3, -0.25) is 57.5 Å². The second-order valence-electron chi connectivity index (χ2n) is 28.0. The number of nitrogens with two attached hydrogens (primary N) is 1. The highest BCUT2D eigenvalue weighted by Gasteiger charge is 2.26. The lowest BCUT2D eigenvalue weighted by Gasteiger charge is -2.04. The molecule has 0 aliphatic rings. The molecule has 5 N–H and O–H groups in total. The third kappa shape index (κ3) is 17.5. The first kappa shape index (κ1) is 95.4. The van der Waals surface area contributed by atoms with E-state index >= 15 is 0 Å². The van der Waals surface area contributed by atoms with E-state index < -0.39 is 89.2 Å². The minimum Gasteiger partial charge on any atom is -0.412 e. The third-order valence-corrected chi connectivity index (χ3v) is 23.2. The van der Waals surface area contributed by atoms with Crippen LogP contribution in [-0.4, -0.2) is 61.9 Å². The summed E-state index contributed by atoms with van der Waals surface area (Å²) in [4.78, 5) is 216. The normalized spacial score (nSPS) is 10.8. The van der Waals surface area contributed by atoms with E-state index in [0.29, 0.717) is 34.1 Å². The van der Waals surface area contributed by atoms with Crippen LogP contribution in [0.25, 0.3) is 132 Å². The van der Waals surface area contributed by atoms with Gasteiger partial charge in [-0.1, -0.05) is 109 Å². The lowest BCUT2D eigenvalue weighted by atomic mass is 10.1. The first-order chi connectivity index (χ1) is 61.1. The van der Waals surface area contributed by atoms with E-state index in [1.54, 1.807) is 211 Å². The maximum atomic E-state index is 13.3. The maximum absolute atomic E-state index is 13.3. The molecular formula is C95H66Br5N13O19. The van der Waals surface area contributed by atoms with Gasteiger partial charge in [-0.25, -0.2) is 61.5 Å². The van der Waals surface area contributed by atoms with Crippen LogP contribution < -0.4 is 94.9 Å². The van der Waals surface area contributed by atoms with Crippen molar-refractivity contribution in [2.45, 2.75) is 29.7 Å². The van der Waals surface area contributed by atoms with Gasteiger partial charge in [-0.2, -0.15) is 0 Å². The number of hydrogen-bond acceptors (Lipinski definition) is 22. The number of nitrogen functional groups attached to an aromatic ring is 1. The number of benzene rings is 11. The van der Waals surface area contributed by atoms with Gasteiger partial charge < -0.3 is 34.2 Å². The van der Waals surface area contributed by atoms with Crippen LogP contribution in [0.5, 0.6) is 0 Å². The first-order valence-corrected chi connectivity index (χ1v) is 41.3. The van der Waals surface area contributed by atoms with Gasteiger partial charge in [0, 0.05) is 76.6 Å². The standard InChI is InChI=1S/C28H16N6O4.2C22H10Br2N2O4.C10H2O6.C6H6BrN.C3H4N2.4CH4.H2O/c35-25-21-13-23-24(28(38)34(27(23)37)20-7-3-18(4-8-20)32-12-10-30-16-32)14-22(21)26(36)33(25)19-5-1-17(2-6-19)31-11-9-29-15-31;2*23-11-1-5-13(6-2-11)25-19(27)15-9-17-18(10-16(15)20(25)28)22(30)26(21(17)29)14-7-3-12(24)4-8-14;11-7-3-1-4-6(10(14)16-8(4)12)2-5(3)9(13)15-7;7-5-1-3-6(8)4-2-5;1-2-5-3-4-1;;;;;/h1-16H;2*1-10H;1-2H;1-4H,8H2;1-3H,(H,4,5);4*1H4;1H2. The van der Waals surface area contributed by atoms with Crippen molar-refractivity contribution in [2.24, 2.45) is 0 Å². The van der Waals surface area contributed by atoms with Gasteiger partial charge in [-0.05, 0) is 218 Å². The van der Waals surface area contributed by atoms with Crippen molar-refractivity contribution in [3.63, 3.8) is 0 Å². The fraction of sp³-hybridized carbons (Fsp3) is 0.0421. The molecule has 0 unspecified atom stereocenters. The summed E-state index contributed by atoms with van der Waals surface area (Å²) in [5.74, 6) is 0. The molecule has 22 rings (SSSR count). The Morgan fingerprint density at radius 1 is 0.242 bits per heavy atom. The molecule has 0 fully saturated rings. The average Bonchev–Trinajstić information content (AvgIpc) is 1.58. The van der Waals surface area contributed by atoms with Gasteiger partial charge >= 0.3 is 22.5 Å². The van der Waals surface area contributed by atoms with Crippen molar-refractivity contribution >= 4 is 172 Å². The zero-order chi connectivity index (χ0) is 89.2. The summed E-state index contributed by atoms with van der Waals surface area (Å²) in [6, 6.07) is 58.6. The van der Waals surface area contributed by atoms with Crippen LogP contribution in [0.1, 0.15) is 29.7 Å². The number of anilines is 1. The molecule has 0 bridgehead atoms. The Labute approximate surface area is 780 Å². The fourth-order valence-corrected chi connectivity index (χ4v) is 15.7. The van der Waals surface area contributed by atoms with Crippen molar-refractivity contribution in [2.75, 3.05) is 5.73 Å². The van der Waals surface area contributed by atoms with Gasteiger partial charge in [0.1, 0.15) is 0 Å². The molecule has 11 aromatic carbocycles. The van der Waals surface area contributed by atoms with Crippen LogP contribution in [0.2, 0.25) is 0 Å². The largest absolute Gasteiger partial charge is 0.412 e. The van der Waals surface area contributed by atoms with Gasteiger partial charge in [0.05, 0.1) is 139 Å². The highest BCUT2D eigenvalue weighted by Crippen LogP contribution is 2.26. The molecule has 0 aliphatic carbocycles. The van der Waals surface area contributed by atoms with Crippen LogP contribution in [-0.2, 0) is 0 Å². The van der Waals surface area contributed by atoms with Crippen molar-refractivity contribution in [1.82, 2.24) is 56.5 Å². The third-order valence-electron chi connectivity index (χ3n) is 20.5. The van der Waals surface area contributed by atoms with E-state index in [-0.39, 0.29) is 121 Å². The number of imidazole rings is 3. The van der Waals surface area contributed by atoms with Crippen molar-refractivity contribution in [3.05, 3.63) is 463 Å². The number of aromatic amines is 1. The Balaban J connectivity index is 0.000000153. The quantitative estimate of drug-likeness (QED) is 0.133. The molecule has 132 heavy (non-hydrogen) atoms. The predicted molar refractivity (Wildman–Crippen MR) is 529 cm³/mol. The summed E-state index contributed by atoms with van der Waals surface area (Å²) in [7, 11) is 0. The highest BCUT2D eigenvalue weighted by molar-refractivity contribution is 9.11. The highest BCUT2D eigenvalue weighted by atomic mass is 79.9. The van der Waals surface area contributed by atoms with Crippen LogP contribution in [0.15, 0.2) is 382 Å². The molecule has 0 radical (unpaired) electrons. The van der Waals surface area contributed by atoms with Crippen molar-refractivity contribution in [1.29, 1.82) is 0 Å². The summed E-state index contributed by atoms with van der Waals surface area (Å²) < 4.78 is 22.9. The molecule has 32 nitrogen and oxygen atoms in total. The minimum atomic E-state index is -0.824. The van der Waals surface area contributed by atoms with Gasteiger partial charge in [0.15, 0.2) is 0 Å². The Kier molecular flexibility index (Phi) is 28.0. The molecule has 0 aliphatic heterocycles. The minimum absolute atomic E-state index is 0. The number of H-pyrrole nitrogens is 1. The van der Waals surface area contributed by atoms with E-state index in [1.165, 1.54) is 36.4 Å². The Morgan fingerprint density at radius 3 is 0.583 bits per heavy atom. The fourth-order valence-electron chi connectivity index (χ4n) is 14.4. The van der Waals surface area contributed by atoms with Gasteiger partial charge in [0.2, 0.25) is 0 Å². The van der Waals surface area contributed by atoms with E-state index in [4.69, 9.17) is 5.73 Å². The summed E-state index contributed by atoms with van der Waals surface area (Å²) in [6.07, 6.45) is 15.2. The summed E-state index contributed by atoms with van der Waals surface area (Å²) >= 11 is 16.6. The number of nitrogens with zero attached hydrogens (tertiary/aromatic N) is 11. The SMILES string of the molecule is C.C.C.C.Nc1ccc(Br)cc1.O.O=c1c2cc3c(=O)n(-c4ccc(-n5ccnc5)cc4)c(=O)c3cc2c(=O)n1-c1ccc(-n2ccnc2)cc1.O=c1c2cc3c(=O)n(-c4ccc(Br)cc4)c(=O)c3cc2c(=O)n1-c1ccc(Br)cc1.O=c1c2cc3c(=O)n(-c4ccc(Br)cc4)c(=O)c3cc2c(=O)n1-c1ccc(Br)cc1.O=c1oc(=O)c2cc3c(=O)oc(=O)c3cc12.c1c[nH]cn1. The zero-order valence-electron chi connectivity index (χ0n) is 64.7. The molecule has 0 saturated carbocycles. The van der Waals surface area contributed by atoms with Crippen LogP contribution in [0.3, 0.4) is 0 Å². The van der Waals surface area contributed by atoms with E-state index in [2.05, 4.69) is 108 Å². The molecular weight excluding hydrogens is 2030 g/mol. The number of aromatic nitrogens is 12. The molecule has 0 saturated heterocycles. The molecule has 0 atom stereocenters. The van der Waals surface area contributed by atoms with Crippen LogP contribution in [0.4, 0.5) is 5.69 Å². The summed E-state index contributed by atoms with van der Waals surface area (Å²) in [5, 5.41) is 1.17. The van der Waals surface area contributed by atoms with Crippen molar-refractivity contribution < 1.29 is 14.3 Å². The van der Waals surface area contributed by atoms with Gasteiger partial charge in [0.25, 0.3) is 66.7 Å². The number of fused-ring (bicyclic) bond motifs is 8. The summed E-state index contributed by atoms with van der Waals surface area (Å²) in [5.41, 5.74) is 0.574. The predicted octanol–water partition coefficient (Wildman–Crippen LogP) is 12.7. The number of hydrogen-bond donors (Lipinski definition) is 2. The lowest BCUT2D eigenvalue weighted by Crippen LogP contribution is -2.24. The Hall–Kier alpha value is -15.7. The Bertz CT molecular complexity index is 8000. The molecule has 660 valence electrons. The first-order valence-electron chi connectivity index (χ1n) is 37.3. The topological polar surface area (TPSA) is 451 Å². The van der Waals surface area contributed by atoms with E-state index in [9.17, 15) is 76.7 Å². The maximum Gasteiger partial charge on any atom is 0.346 e. The van der Waals surface area contributed by atoms with Crippen LogP contribution >= 0.6 is 79.6 Å². The van der Waals surface area contributed by atoms with Crippen molar-refractivity contribution in [3.8, 4) is 45.5 Å². The van der Waals surface area contributed by atoms with E-state index in [0.717, 1.165) is 79.0 Å². The smallest absolute Gasteiger partial charge is 0.346 e. The summed E-state index contributed by atoms with van der Waals surface area (Å²) in [6.45, 7) is 0. The molecule has 0 amide bonds. The van der Waals surface area contributed by atoms with Crippen LogP contribution in [0, 0.1) is 0 Å². The monoisotopic (exact) mass is 2090 g/mol. The number of furan rings is 2. The molecule has 22 aromatic rings. The van der Waals surface area contributed by atoms with Gasteiger partial charge in [-0.15, -0.1) is 0 Å².